The molecule has 0 aromatic heterocycles. The summed E-state index contributed by atoms with van der Waals surface area (Å²) in [5, 5.41) is 2.08. The Balaban J connectivity index is 2.60. The monoisotopic (exact) mass is 266 g/mol. The summed E-state index contributed by atoms with van der Waals surface area (Å²) in [4.78, 5) is 23.0. The van der Waals surface area contributed by atoms with Gasteiger partial charge in [-0.05, 0) is 25.8 Å². The van der Waals surface area contributed by atoms with E-state index in [1.165, 1.54) is 0 Å². The third-order valence-corrected chi connectivity index (χ3v) is 3.04. The largest absolute Gasteiger partial charge is 0.368 e. The van der Waals surface area contributed by atoms with Crippen LogP contribution in [0.2, 0.25) is 0 Å². The Hall–Kier alpha value is -1.49. The van der Waals surface area contributed by atoms with Gasteiger partial charge < -0.3 is 11.1 Å². The van der Waals surface area contributed by atoms with Crippen LogP contribution in [0, 0.1) is 0 Å². The minimum absolute atomic E-state index is 0.300. The number of hydrogen-bond acceptors (Lipinski definition) is 3. The molecule has 0 spiro atoms. The number of primary amides is 1. The summed E-state index contributed by atoms with van der Waals surface area (Å²) in [6.45, 7) is 3.13. The SMILES string of the molecule is CC(C)(NC(=O)C(S)Cc1ccccc1)C(N)=O. The molecule has 0 aliphatic carbocycles. The smallest absolute Gasteiger partial charge is 0.242 e. The molecule has 5 heteroatoms. The molecular weight excluding hydrogens is 248 g/mol. The van der Waals surface area contributed by atoms with Crippen LogP contribution in [0.15, 0.2) is 30.3 Å². The highest BCUT2D eigenvalue weighted by Gasteiger charge is 2.29. The summed E-state index contributed by atoms with van der Waals surface area (Å²) in [6.07, 6.45) is 0.505. The van der Waals surface area contributed by atoms with Crippen LogP contribution in [0.3, 0.4) is 0 Å². The molecule has 0 heterocycles. The van der Waals surface area contributed by atoms with Crippen LogP contribution in [0.1, 0.15) is 19.4 Å². The van der Waals surface area contributed by atoms with Crippen LogP contribution in [0.4, 0.5) is 0 Å². The van der Waals surface area contributed by atoms with Gasteiger partial charge in [-0.1, -0.05) is 30.3 Å². The molecule has 0 bridgehead atoms. The van der Waals surface area contributed by atoms with Gasteiger partial charge in [0, 0.05) is 0 Å². The Morgan fingerprint density at radius 3 is 2.39 bits per heavy atom. The van der Waals surface area contributed by atoms with Crippen molar-refractivity contribution in [2.24, 2.45) is 5.73 Å². The fourth-order valence-corrected chi connectivity index (χ4v) is 1.66. The molecule has 1 atom stereocenters. The molecule has 0 aliphatic heterocycles. The first-order chi connectivity index (χ1) is 8.33. The zero-order valence-electron chi connectivity index (χ0n) is 10.5. The van der Waals surface area contributed by atoms with Gasteiger partial charge in [-0.2, -0.15) is 12.6 Å². The predicted octanol–water partition coefficient (Wildman–Crippen LogP) is 0.908. The molecule has 0 aliphatic rings. The average molecular weight is 266 g/mol. The lowest BCUT2D eigenvalue weighted by molar-refractivity contribution is -0.130. The number of carbonyl (C=O) groups is 2. The molecular formula is C13H18N2O2S. The fourth-order valence-electron chi connectivity index (χ4n) is 1.38. The lowest BCUT2D eigenvalue weighted by atomic mass is 10.0. The number of nitrogens with two attached hydrogens (primary N) is 1. The summed E-state index contributed by atoms with van der Waals surface area (Å²) >= 11 is 4.25. The zero-order valence-corrected chi connectivity index (χ0v) is 11.4. The summed E-state index contributed by atoms with van der Waals surface area (Å²) in [5.41, 5.74) is 5.15. The van der Waals surface area contributed by atoms with Crippen molar-refractivity contribution < 1.29 is 9.59 Å². The Labute approximate surface area is 112 Å². The van der Waals surface area contributed by atoms with Crippen molar-refractivity contribution >= 4 is 24.4 Å². The highest BCUT2D eigenvalue weighted by molar-refractivity contribution is 7.81. The first kappa shape index (κ1) is 14.6. The second kappa shape index (κ2) is 5.91. The predicted molar refractivity (Wildman–Crippen MR) is 74.3 cm³/mol. The van der Waals surface area contributed by atoms with Crippen LogP contribution in [-0.4, -0.2) is 22.6 Å². The third-order valence-electron chi connectivity index (χ3n) is 2.63. The molecule has 0 radical (unpaired) electrons. The van der Waals surface area contributed by atoms with E-state index in [9.17, 15) is 9.59 Å². The zero-order chi connectivity index (χ0) is 13.8. The van der Waals surface area contributed by atoms with Crippen molar-refractivity contribution in [2.45, 2.75) is 31.1 Å². The molecule has 3 N–H and O–H groups in total. The Morgan fingerprint density at radius 2 is 1.89 bits per heavy atom. The van der Waals surface area contributed by atoms with E-state index in [1.54, 1.807) is 13.8 Å². The van der Waals surface area contributed by atoms with Crippen LogP contribution >= 0.6 is 12.6 Å². The van der Waals surface area contributed by atoms with Crippen molar-refractivity contribution in [2.75, 3.05) is 0 Å². The van der Waals surface area contributed by atoms with Gasteiger partial charge >= 0.3 is 0 Å². The second-order valence-electron chi connectivity index (χ2n) is 4.68. The maximum absolute atomic E-state index is 11.9. The average Bonchev–Trinajstić information content (AvgIpc) is 2.29. The Morgan fingerprint density at radius 1 is 1.33 bits per heavy atom. The number of nitrogens with one attached hydrogen (secondary N) is 1. The summed E-state index contributed by atoms with van der Waals surface area (Å²) < 4.78 is 0. The van der Waals surface area contributed by atoms with Crippen molar-refractivity contribution in [3.8, 4) is 0 Å². The summed E-state index contributed by atoms with van der Waals surface area (Å²) in [6, 6.07) is 9.57. The molecule has 0 saturated heterocycles. The second-order valence-corrected chi connectivity index (χ2v) is 5.31. The van der Waals surface area contributed by atoms with Gasteiger partial charge in [-0.15, -0.1) is 0 Å². The molecule has 0 saturated carbocycles. The van der Waals surface area contributed by atoms with Crippen LogP contribution in [-0.2, 0) is 16.0 Å². The Kier molecular flexibility index (Phi) is 4.78. The van der Waals surface area contributed by atoms with Crippen LogP contribution in [0.25, 0.3) is 0 Å². The van der Waals surface area contributed by atoms with E-state index in [4.69, 9.17) is 5.73 Å². The summed E-state index contributed by atoms with van der Waals surface area (Å²) in [5.74, 6) is -0.873. The van der Waals surface area contributed by atoms with Crippen molar-refractivity contribution in [1.82, 2.24) is 5.32 Å². The number of thiol groups is 1. The fraction of sp³-hybridized carbons (Fsp3) is 0.385. The van der Waals surface area contributed by atoms with E-state index in [0.717, 1.165) is 5.56 Å². The van der Waals surface area contributed by atoms with E-state index < -0.39 is 16.7 Å². The van der Waals surface area contributed by atoms with E-state index in [1.807, 2.05) is 30.3 Å². The molecule has 2 amide bonds. The van der Waals surface area contributed by atoms with Crippen molar-refractivity contribution in [3.05, 3.63) is 35.9 Å². The number of carbonyl (C=O) groups excluding carboxylic acids is 2. The molecule has 98 valence electrons. The minimum atomic E-state index is -1.06. The number of hydrogen-bond donors (Lipinski definition) is 3. The summed E-state index contributed by atoms with van der Waals surface area (Å²) in [7, 11) is 0. The molecule has 1 rings (SSSR count). The third kappa shape index (κ3) is 4.07. The normalized spacial score (nSPS) is 12.8. The maximum atomic E-state index is 11.9. The Bertz CT molecular complexity index is 432. The van der Waals surface area contributed by atoms with Gasteiger partial charge in [0.2, 0.25) is 11.8 Å². The van der Waals surface area contributed by atoms with E-state index in [-0.39, 0.29) is 5.91 Å². The molecule has 1 aromatic rings. The van der Waals surface area contributed by atoms with Gasteiger partial charge in [0.25, 0.3) is 0 Å². The van der Waals surface area contributed by atoms with E-state index in [0.29, 0.717) is 6.42 Å². The molecule has 1 aromatic carbocycles. The van der Waals surface area contributed by atoms with Gasteiger partial charge in [-0.3, -0.25) is 9.59 Å². The van der Waals surface area contributed by atoms with Gasteiger partial charge in [0.05, 0.1) is 5.25 Å². The number of amides is 2. The lowest BCUT2D eigenvalue weighted by Crippen LogP contribution is -2.55. The minimum Gasteiger partial charge on any atom is -0.368 e. The van der Waals surface area contributed by atoms with Crippen molar-refractivity contribution in [3.63, 3.8) is 0 Å². The molecule has 4 nitrogen and oxygen atoms in total. The van der Waals surface area contributed by atoms with Gasteiger partial charge in [0.15, 0.2) is 0 Å². The van der Waals surface area contributed by atoms with Gasteiger partial charge in [-0.25, -0.2) is 0 Å². The number of rotatable bonds is 5. The highest BCUT2D eigenvalue weighted by Crippen LogP contribution is 2.10. The van der Waals surface area contributed by atoms with Crippen LogP contribution < -0.4 is 11.1 Å². The first-order valence-electron chi connectivity index (χ1n) is 5.67. The first-order valence-corrected chi connectivity index (χ1v) is 6.18. The topological polar surface area (TPSA) is 72.2 Å². The number of benzene rings is 1. The standard InChI is InChI=1S/C13H18N2O2S/c1-13(2,12(14)17)15-11(16)10(18)8-9-6-4-3-5-7-9/h3-7,10,18H,8H2,1-2H3,(H2,14,17)(H,15,16). The molecule has 1 unspecified atom stereocenters. The quantitative estimate of drug-likeness (QED) is 0.693. The van der Waals surface area contributed by atoms with E-state index in [2.05, 4.69) is 17.9 Å². The van der Waals surface area contributed by atoms with E-state index >= 15 is 0 Å². The van der Waals surface area contributed by atoms with Gasteiger partial charge in [0.1, 0.15) is 5.54 Å². The maximum Gasteiger partial charge on any atom is 0.242 e. The van der Waals surface area contributed by atoms with Crippen molar-refractivity contribution in [1.29, 1.82) is 0 Å². The highest BCUT2D eigenvalue weighted by atomic mass is 32.1. The molecule has 18 heavy (non-hydrogen) atoms. The lowest BCUT2D eigenvalue weighted by Gasteiger charge is -2.24. The molecule has 0 fully saturated rings. The van der Waals surface area contributed by atoms with Crippen LogP contribution in [0.5, 0.6) is 0 Å².